The lowest BCUT2D eigenvalue weighted by atomic mass is 9.82. The van der Waals surface area contributed by atoms with Crippen LogP contribution in [-0.4, -0.2) is 26.8 Å². The number of aliphatic imine (C=N–C) groups is 2. The van der Waals surface area contributed by atoms with Crippen LogP contribution in [-0.2, 0) is 6.42 Å². The van der Waals surface area contributed by atoms with Crippen molar-refractivity contribution in [3.63, 3.8) is 0 Å². The van der Waals surface area contributed by atoms with Gasteiger partial charge in [-0.25, -0.2) is 9.98 Å². The van der Waals surface area contributed by atoms with Crippen molar-refractivity contribution in [1.82, 2.24) is 9.13 Å². The molecule has 3 aliphatic rings. The molecule has 0 amide bonds. The van der Waals surface area contributed by atoms with Crippen molar-refractivity contribution in [3.8, 4) is 27.9 Å². The summed E-state index contributed by atoms with van der Waals surface area (Å²) < 4.78 is 4.74. The summed E-state index contributed by atoms with van der Waals surface area (Å²) in [6, 6.07) is 42.4. The van der Waals surface area contributed by atoms with E-state index in [4.69, 9.17) is 9.98 Å². The summed E-state index contributed by atoms with van der Waals surface area (Å²) >= 11 is 0. The first-order valence-corrected chi connectivity index (χ1v) is 16.9. The van der Waals surface area contributed by atoms with E-state index >= 15 is 0 Å². The highest BCUT2D eigenvalue weighted by Gasteiger charge is 2.33. The van der Waals surface area contributed by atoms with Crippen LogP contribution in [0.4, 0.5) is 0 Å². The van der Waals surface area contributed by atoms with Gasteiger partial charge in [0.05, 0.1) is 22.1 Å². The fraction of sp³-hybridized carbons (Fsp3) is 0.136. The summed E-state index contributed by atoms with van der Waals surface area (Å²) in [6.07, 6.45) is 10.3. The molecular weight excluding hydrogens is 585 g/mol. The van der Waals surface area contributed by atoms with E-state index in [2.05, 4.69) is 156 Å². The normalized spacial score (nSPS) is 19.7. The molecule has 230 valence electrons. The van der Waals surface area contributed by atoms with Crippen LogP contribution in [0, 0.1) is 0 Å². The zero-order valence-corrected chi connectivity index (χ0v) is 27.1. The molecule has 10 rings (SSSR count). The second kappa shape index (κ2) is 10.1. The van der Waals surface area contributed by atoms with Crippen molar-refractivity contribution >= 4 is 44.9 Å². The van der Waals surface area contributed by atoms with Crippen LogP contribution in [0.2, 0.25) is 0 Å². The highest BCUT2D eigenvalue weighted by molar-refractivity contribution is 6.16. The molecule has 0 saturated heterocycles. The maximum Gasteiger partial charge on any atom is 0.230 e. The molecule has 0 radical (unpaired) electrons. The van der Waals surface area contributed by atoms with Gasteiger partial charge < -0.3 is 4.57 Å². The van der Waals surface area contributed by atoms with Crippen LogP contribution in [0.5, 0.6) is 0 Å². The molecule has 48 heavy (non-hydrogen) atoms. The van der Waals surface area contributed by atoms with Gasteiger partial charge in [-0.3, -0.25) is 4.57 Å². The summed E-state index contributed by atoms with van der Waals surface area (Å²) in [5, 5.41) is 3.72. The number of allylic oxidation sites excluding steroid dienone is 2. The molecule has 0 spiro atoms. The first-order chi connectivity index (χ1) is 23.6. The Bertz CT molecular complexity index is 2590. The fourth-order valence-electron chi connectivity index (χ4n) is 8.38. The number of para-hydroxylation sites is 2. The third-order valence-electron chi connectivity index (χ3n) is 10.7. The molecule has 3 heterocycles. The topological polar surface area (TPSA) is 34.6 Å². The standard InChI is InChI=1S/C44H34N4/c1-28-24-31-12-6-7-16-34(31)41-37-26-30(20-22-40(37)47(42(28)41)33-14-4-3-5-15-33)29-19-21-39-36(25-29)35-17-8-9-18-38(35)48(39)43-45-27-32-13-10-11-23-44(32,2)46-43/h3-22,25-28H,23-24H2,1-2H3. The number of hydrogen-bond acceptors (Lipinski definition) is 2. The molecule has 4 nitrogen and oxygen atoms in total. The maximum absolute atomic E-state index is 5.25. The highest BCUT2D eigenvalue weighted by atomic mass is 15.2. The van der Waals surface area contributed by atoms with E-state index in [1.807, 2.05) is 6.21 Å². The summed E-state index contributed by atoms with van der Waals surface area (Å²) in [7, 11) is 0. The molecule has 7 aromatic rings. The number of hydrogen-bond donors (Lipinski definition) is 0. The van der Waals surface area contributed by atoms with Crippen molar-refractivity contribution in [1.29, 1.82) is 0 Å². The van der Waals surface area contributed by atoms with E-state index < -0.39 is 0 Å². The predicted octanol–water partition coefficient (Wildman–Crippen LogP) is 10.7. The molecule has 4 heteroatoms. The first kappa shape index (κ1) is 27.4. The van der Waals surface area contributed by atoms with Gasteiger partial charge in [0, 0.05) is 45.2 Å². The number of rotatable bonds is 2. The monoisotopic (exact) mass is 618 g/mol. The average Bonchev–Trinajstić information content (AvgIpc) is 3.65. The molecule has 0 fully saturated rings. The Morgan fingerprint density at radius 3 is 2.27 bits per heavy atom. The summed E-state index contributed by atoms with van der Waals surface area (Å²) in [6.45, 7) is 4.58. The minimum absolute atomic E-state index is 0.301. The lowest BCUT2D eigenvalue weighted by molar-refractivity contribution is 0.569. The Hall–Kier alpha value is -5.74. The van der Waals surface area contributed by atoms with E-state index in [1.54, 1.807) is 0 Å². The van der Waals surface area contributed by atoms with Gasteiger partial charge in [-0.05, 0) is 90.1 Å². The Labute approximate surface area is 279 Å². The summed E-state index contributed by atoms with van der Waals surface area (Å²) in [5.41, 5.74) is 13.5. The van der Waals surface area contributed by atoms with Crippen LogP contribution in [0.25, 0.3) is 60.6 Å². The fourth-order valence-corrected chi connectivity index (χ4v) is 8.38. The SMILES string of the molecule is CC1Cc2ccccc2-c2c1n(-c1ccccc1)c1ccc(-c3ccc4c(c3)c3ccccc3n4C3=NC4(C)CC=CC=C4C=N3)cc21. The lowest BCUT2D eigenvalue weighted by Crippen LogP contribution is -2.33. The maximum atomic E-state index is 5.25. The van der Waals surface area contributed by atoms with Gasteiger partial charge in [0.25, 0.3) is 0 Å². The van der Waals surface area contributed by atoms with E-state index in [1.165, 1.54) is 60.9 Å². The molecule has 2 atom stereocenters. The van der Waals surface area contributed by atoms with Gasteiger partial charge in [-0.1, -0.05) is 97.9 Å². The highest BCUT2D eigenvalue weighted by Crippen LogP contribution is 2.47. The van der Waals surface area contributed by atoms with Gasteiger partial charge >= 0.3 is 0 Å². The van der Waals surface area contributed by atoms with Crippen LogP contribution >= 0.6 is 0 Å². The molecule has 2 aliphatic carbocycles. The van der Waals surface area contributed by atoms with Crippen molar-refractivity contribution in [2.24, 2.45) is 9.98 Å². The van der Waals surface area contributed by atoms with Gasteiger partial charge in [0.2, 0.25) is 5.96 Å². The molecule has 2 unspecified atom stereocenters. The Morgan fingerprint density at radius 1 is 0.708 bits per heavy atom. The van der Waals surface area contributed by atoms with E-state index in [0.29, 0.717) is 5.92 Å². The predicted molar refractivity (Wildman–Crippen MR) is 201 cm³/mol. The second-order valence-electron chi connectivity index (χ2n) is 13.7. The first-order valence-electron chi connectivity index (χ1n) is 16.9. The van der Waals surface area contributed by atoms with E-state index in [0.717, 1.165) is 35.4 Å². The second-order valence-corrected chi connectivity index (χ2v) is 13.7. The largest absolute Gasteiger partial charge is 0.313 e. The van der Waals surface area contributed by atoms with E-state index in [9.17, 15) is 0 Å². The van der Waals surface area contributed by atoms with Gasteiger partial charge in [0.15, 0.2) is 0 Å². The number of fused-ring (bicyclic) bond motifs is 9. The third-order valence-corrected chi connectivity index (χ3v) is 10.7. The van der Waals surface area contributed by atoms with E-state index in [-0.39, 0.29) is 5.54 Å². The smallest absolute Gasteiger partial charge is 0.230 e. The minimum Gasteiger partial charge on any atom is -0.313 e. The summed E-state index contributed by atoms with van der Waals surface area (Å²) in [4.78, 5) is 10.1. The molecule has 5 aromatic carbocycles. The molecule has 1 aliphatic heterocycles. The minimum atomic E-state index is -0.301. The van der Waals surface area contributed by atoms with Gasteiger partial charge in [0.1, 0.15) is 0 Å². The van der Waals surface area contributed by atoms with Crippen molar-refractivity contribution in [3.05, 3.63) is 150 Å². The Kier molecular flexibility index (Phi) is 5.78. The molecule has 0 N–H and O–H groups in total. The zero-order chi connectivity index (χ0) is 32.0. The van der Waals surface area contributed by atoms with Crippen LogP contribution < -0.4 is 0 Å². The quantitative estimate of drug-likeness (QED) is 0.185. The van der Waals surface area contributed by atoms with Crippen LogP contribution in [0.3, 0.4) is 0 Å². The molecular formula is C44H34N4. The number of benzene rings is 5. The Balaban J connectivity index is 1.18. The molecule has 0 bridgehead atoms. The Morgan fingerprint density at radius 2 is 1.42 bits per heavy atom. The van der Waals surface area contributed by atoms with Crippen LogP contribution in [0.15, 0.2) is 149 Å². The molecule has 0 saturated carbocycles. The number of nitrogens with zero attached hydrogens (tertiary/aromatic N) is 4. The van der Waals surface area contributed by atoms with Crippen molar-refractivity contribution in [2.75, 3.05) is 0 Å². The van der Waals surface area contributed by atoms with Gasteiger partial charge in [-0.2, -0.15) is 0 Å². The van der Waals surface area contributed by atoms with Crippen LogP contribution in [0.1, 0.15) is 37.4 Å². The number of aromatic nitrogens is 2. The average molecular weight is 619 g/mol. The zero-order valence-electron chi connectivity index (χ0n) is 27.1. The molecule has 2 aromatic heterocycles. The third kappa shape index (κ3) is 3.89. The van der Waals surface area contributed by atoms with Crippen molar-refractivity contribution < 1.29 is 0 Å². The van der Waals surface area contributed by atoms with Gasteiger partial charge in [-0.15, -0.1) is 0 Å². The van der Waals surface area contributed by atoms with Crippen molar-refractivity contribution in [2.45, 2.75) is 38.1 Å². The lowest BCUT2D eigenvalue weighted by Gasteiger charge is -2.30. The summed E-state index contributed by atoms with van der Waals surface area (Å²) in [5.74, 6) is 1.14.